The number of nitrogens with one attached hydrogen (secondary N) is 1. The number of hydrogen-bond donors (Lipinski definition) is 2. The molecule has 0 fully saturated rings. The van der Waals surface area contributed by atoms with Gasteiger partial charge in [-0.3, -0.25) is 0 Å². The Labute approximate surface area is 115 Å². The quantitative estimate of drug-likeness (QED) is 0.717. The number of thiazole rings is 1. The maximum absolute atomic E-state index is 5.75. The SMILES string of the molecule is Cc1ncsc1CNc1ccc2cc(N)ccc2n1. The van der Waals surface area contributed by atoms with Crippen LogP contribution in [-0.2, 0) is 6.54 Å². The van der Waals surface area contributed by atoms with Gasteiger partial charge in [-0.15, -0.1) is 11.3 Å². The number of rotatable bonds is 3. The highest BCUT2D eigenvalue weighted by molar-refractivity contribution is 7.09. The van der Waals surface area contributed by atoms with E-state index >= 15 is 0 Å². The molecule has 0 unspecified atom stereocenters. The predicted octanol–water partition coefficient (Wildman–Crippen LogP) is 3.19. The topological polar surface area (TPSA) is 63.8 Å². The summed E-state index contributed by atoms with van der Waals surface area (Å²) in [6.45, 7) is 2.77. The second-order valence-electron chi connectivity index (χ2n) is 4.36. The van der Waals surface area contributed by atoms with Crippen molar-refractivity contribution in [2.75, 3.05) is 11.1 Å². The van der Waals surface area contributed by atoms with E-state index in [4.69, 9.17) is 5.73 Å². The number of aryl methyl sites for hydroxylation is 1. The van der Waals surface area contributed by atoms with E-state index in [0.717, 1.165) is 34.6 Å². The van der Waals surface area contributed by atoms with E-state index in [1.165, 1.54) is 4.88 Å². The molecule has 3 aromatic rings. The molecule has 1 aromatic carbocycles. The van der Waals surface area contributed by atoms with E-state index in [-0.39, 0.29) is 0 Å². The van der Waals surface area contributed by atoms with Gasteiger partial charge in [0, 0.05) is 16.0 Å². The highest BCUT2D eigenvalue weighted by Crippen LogP contribution is 2.19. The number of fused-ring (bicyclic) bond motifs is 1. The summed E-state index contributed by atoms with van der Waals surface area (Å²) in [7, 11) is 0. The van der Waals surface area contributed by atoms with Crippen molar-refractivity contribution in [2.24, 2.45) is 0 Å². The monoisotopic (exact) mass is 270 g/mol. The summed E-state index contributed by atoms with van der Waals surface area (Å²) in [5.41, 5.74) is 10.4. The number of anilines is 2. The van der Waals surface area contributed by atoms with Gasteiger partial charge in [0.15, 0.2) is 0 Å². The van der Waals surface area contributed by atoms with Gasteiger partial charge in [-0.2, -0.15) is 0 Å². The second-order valence-corrected chi connectivity index (χ2v) is 5.30. The normalized spacial score (nSPS) is 10.8. The highest BCUT2D eigenvalue weighted by Gasteiger charge is 2.02. The number of nitrogens with two attached hydrogens (primary N) is 1. The van der Waals surface area contributed by atoms with E-state index < -0.39 is 0 Å². The summed E-state index contributed by atoms with van der Waals surface area (Å²) in [5, 5.41) is 4.38. The van der Waals surface area contributed by atoms with Gasteiger partial charge < -0.3 is 11.1 Å². The molecule has 0 saturated heterocycles. The van der Waals surface area contributed by atoms with Gasteiger partial charge in [-0.25, -0.2) is 9.97 Å². The van der Waals surface area contributed by atoms with Crippen molar-refractivity contribution < 1.29 is 0 Å². The van der Waals surface area contributed by atoms with Crippen LogP contribution in [0.4, 0.5) is 11.5 Å². The molecule has 3 N–H and O–H groups in total. The van der Waals surface area contributed by atoms with Crippen molar-refractivity contribution in [1.82, 2.24) is 9.97 Å². The molecule has 0 saturated carbocycles. The van der Waals surface area contributed by atoms with Crippen LogP contribution in [0, 0.1) is 6.92 Å². The van der Waals surface area contributed by atoms with Crippen molar-refractivity contribution in [2.45, 2.75) is 13.5 Å². The lowest BCUT2D eigenvalue weighted by Crippen LogP contribution is -2.01. The number of aromatic nitrogens is 2. The van der Waals surface area contributed by atoms with E-state index in [0.29, 0.717) is 0 Å². The van der Waals surface area contributed by atoms with Crippen molar-refractivity contribution in [1.29, 1.82) is 0 Å². The third-order valence-corrected chi connectivity index (χ3v) is 3.92. The molecule has 4 nitrogen and oxygen atoms in total. The van der Waals surface area contributed by atoms with E-state index in [1.54, 1.807) is 11.3 Å². The number of benzene rings is 1. The molecule has 2 aromatic heterocycles. The first kappa shape index (κ1) is 11.9. The first-order valence-corrected chi connectivity index (χ1v) is 6.89. The van der Waals surface area contributed by atoms with Gasteiger partial charge in [-0.1, -0.05) is 0 Å². The molecule has 0 aliphatic heterocycles. The fourth-order valence-electron chi connectivity index (χ4n) is 1.91. The number of nitrogen functional groups attached to an aromatic ring is 1. The lowest BCUT2D eigenvalue weighted by molar-refractivity contribution is 1.10. The highest BCUT2D eigenvalue weighted by atomic mass is 32.1. The smallest absolute Gasteiger partial charge is 0.126 e. The maximum atomic E-state index is 5.75. The third-order valence-electron chi connectivity index (χ3n) is 2.99. The fraction of sp³-hybridized carbons (Fsp3) is 0.143. The van der Waals surface area contributed by atoms with Crippen LogP contribution in [0.25, 0.3) is 10.9 Å². The van der Waals surface area contributed by atoms with Gasteiger partial charge in [-0.05, 0) is 37.3 Å². The molecule has 3 rings (SSSR count). The summed E-state index contributed by atoms with van der Waals surface area (Å²) >= 11 is 1.66. The third kappa shape index (κ3) is 2.51. The van der Waals surface area contributed by atoms with Crippen LogP contribution in [-0.4, -0.2) is 9.97 Å². The average molecular weight is 270 g/mol. The molecule has 96 valence electrons. The Morgan fingerprint density at radius 2 is 2.16 bits per heavy atom. The summed E-state index contributed by atoms with van der Waals surface area (Å²) in [4.78, 5) is 10.0. The Morgan fingerprint density at radius 3 is 2.95 bits per heavy atom. The molecule has 2 heterocycles. The zero-order valence-corrected chi connectivity index (χ0v) is 11.4. The van der Waals surface area contributed by atoms with Crippen molar-refractivity contribution in [3.05, 3.63) is 46.4 Å². The molecule has 0 aliphatic carbocycles. The summed E-state index contributed by atoms with van der Waals surface area (Å²) in [5.74, 6) is 0.866. The van der Waals surface area contributed by atoms with Crippen LogP contribution in [0.1, 0.15) is 10.6 Å². The maximum Gasteiger partial charge on any atom is 0.126 e. The van der Waals surface area contributed by atoms with E-state index in [9.17, 15) is 0 Å². The first-order valence-electron chi connectivity index (χ1n) is 6.01. The van der Waals surface area contributed by atoms with Crippen LogP contribution in [0.15, 0.2) is 35.8 Å². The van der Waals surface area contributed by atoms with Gasteiger partial charge in [0.1, 0.15) is 5.82 Å². The lowest BCUT2D eigenvalue weighted by atomic mass is 10.2. The molecule has 5 heteroatoms. The zero-order chi connectivity index (χ0) is 13.2. The van der Waals surface area contributed by atoms with E-state index in [2.05, 4.69) is 15.3 Å². The Bertz CT molecular complexity index is 720. The summed E-state index contributed by atoms with van der Waals surface area (Å²) < 4.78 is 0. The minimum Gasteiger partial charge on any atom is -0.399 e. The molecule has 0 radical (unpaired) electrons. The van der Waals surface area contributed by atoms with Crippen LogP contribution in [0.2, 0.25) is 0 Å². The minimum absolute atomic E-state index is 0.754. The minimum atomic E-state index is 0.754. The Hall–Kier alpha value is -2.14. The summed E-state index contributed by atoms with van der Waals surface area (Å²) in [6.07, 6.45) is 0. The molecular weight excluding hydrogens is 256 g/mol. The van der Waals surface area contributed by atoms with Gasteiger partial charge in [0.2, 0.25) is 0 Å². The zero-order valence-electron chi connectivity index (χ0n) is 10.6. The largest absolute Gasteiger partial charge is 0.399 e. The molecule has 19 heavy (non-hydrogen) atoms. The van der Waals surface area contributed by atoms with E-state index in [1.807, 2.05) is 42.8 Å². The van der Waals surface area contributed by atoms with Crippen LogP contribution >= 0.6 is 11.3 Å². The lowest BCUT2D eigenvalue weighted by Gasteiger charge is -2.06. The van der Waals surface area contributed by atoms with Gasteiger partial charge in [0.05, 0.1) is 23.3 Å². The Morgan fingerprint density at radius 1 is 1.26 bits per heavy atom. The predicted molar refractivity (Wildman–Crippen MR) is 80.3 cm³/mol. The van der Waals surface area contributed by atoms with Gasteiger partial charge in [0.25, 0.3) is 0 Å². The molecule has 0 amide bonds. The molecule has 0 spiro atoms. The number of hydrogen-bond acceptors (Lipinski definition) is 5. The second kappa shape index (κ2) is 4.85. The van der Waals surface area contributed by atoms with Crippen molar-refractivity contribution >= 4 is 33.7 Å². The Kier molecular flexibility index (Phi) is 3.05. The van der Waals surface area contributed by atoms with Crippen molar-refractivity contribution in [3.8, 4) is 0 Å². The van der Waals surface area contributed by atoms with Gasteiger partial charge >= 0.3 is 0 Å². The standard InChI is InChI=1S/C14H14N4S/c1-9-13(19-8-17-9)7-16-14-5-2-10-6-11(15)3-4-12(10)18-14/h2-6,8H,7,15H2,1H3,(H,16,18). The molecule has 0 bridgehead atoms. The molecule has 0 aliphatic rings. The first-order chi connectivity index (χ1) is 9.22. The van der Waals surface area contributed by atoms with Crippen LogP contribution in [0.3, 0.4) is 0 Å². The fourth-order valence-corrected chi connectivity index (χ4v) is 2.63. The average Bonchev–Trinajstić information content (AvgIpc) is 2.82. The van der Waals surface area contributed by atoms with Crippen molar-refractivity contribution in [3.63, 3.8) is 0 Å². The van der Waals surface area contributed by atoms with Crippen LogP contribution in [0.5, 0.6) is 0 Å². The van der Waals surface area contributed by atoms with Crippen LogP contribution < -0.4 is 11.1 Å². The molecule has 0 atom stereocenters. The number of nitrogens with zero attached hydrogens (tertiary/aromatic N) is 2. The molecular formula is C14H14N4S. The number of pyridine rings is 1. The summed E-state index contributed by atoms with van der Waals surface area (Å²) in [6, 6.07) is 9.73. The Balaban J connectivity index is 1.82.